The lowest BCUT2D eigenvalue weighted by molar-refractivity contribution is -0.130. The molecule has 1 aliphatic heterocycles. The molecular formula is C24H24N2O4. The van der Waals surface area contributed by atoms with Crippen LogP contribution < -0.4 is 0 Å². The van der Waals surface area contributed by atoms with Crippen molar-refractivity contribution < 1.29 is 19.8 Å². The van der Waals surface area contributed by atoms with Crippen molar-refractivity contribution in [3.63, 3.8) is 0 Å². The third-order valence-electron chi connectivity index (χ3n) is 5.20. The van der Waals surface area contributed by atoms with E-state index in [2.05, 4.69) is 13.8 Å². The first-order chi connectivity index (χ1) is 14.2. The van der Waals surface area contributed by atoms with E-state index >= 15 is 0 Å². The molecule has 154 valence electrons. The number of aliphatic hydroxyl groups excluding tert-OH is 2. The van der Waals surface area contributed by atoms with Gasteiger partial charge in [0.1, 0.15) is 0 Å². The maximum Gasteiger partial charge on any atom is 0.290 e. The van der Waals surface area contributed by atoms with E-state index in [0.29, 0.717) is 17.0 Å². The van der Waals surface area contributed by atoms with Gasteiger partial charge in [0.2, 0.25) is 0 Å². The molecule has 0 spiro atoms. The molecular weight excluding hydrogens is 380 g/mol. The smallest absolute Gasteiger partial charge is 0.290 e. The molecule has 0 aromatic heterocycles. The Kier molecular flexibility index (Phi) is 6.04. The molecule has 6 nitrogen and oxygen atoms in total. The summed E-state index contributed by atoms with van der Waals surface area (Å²) in [6.07, 6.45) is -0.830. The number of hydrogen-bond donors (Lipinski definition) is 2. The van der Waals surface area contributed by atoms with Crippen molar-refractivity contribution in [2.24, 2.45) is 0 Å². The minimum atomic E-state index is -0.830. The van der Waals surface area contributed by atoms with Crippen LogP contribution in [-0.2, 0) is 4.79 Å². The van der Waals surface area contributed by atoms with E-state index in [1.54, 1.807) is 6.92 Å². The maximum absolute atomic E-state index is 13.3. The zero-order valence-corrected chi connectivity index (χ0v) is 17.2. The Labute approximate surface area is 175 Å². The number of amides is 1. The van der Waals surface area contributed by atoms with Crippen LogP contribution in [0.1, 0.15) is 59.8 Å². The minimum Gasteiger partial charge on any atom is -0.503 e. The number of nitrogens with zero attached hydrogens (tertiary/aromatic N) is 2. The van der Waals surface area contributed by atoms with Crippen LogP contribution in [0.25, 0.3) is 0 Å². The summed E-state index contributed by atoms with van der Waals surface area (Å²) in [6.45, 7) is 5.66. The second kappa shape index (κ2) is 8.52. The molecule has 0 saturated carbocycles. The predicted octanol–water partition coefficient (Wildman–Crippen LogP) is 3.64. The lowest BCUT2D eigenvalue weighted by Gasteiger charge is -2.28. The fourth-order valence-corrected chi connectivity index (χ4v) is 3.62. The Hall–Kier alpha value is -3.43. The quantitative estimate of drug-likeness (QED) is 0.716. The Morgan fingerprint density at radius 3 is 2.20 bits per heavy atom. The van der Waals surface area contributed by atoms with E-state index in [-0.39, 0.29) is 17.7 Å². The largest absolute Gasteiger partial charge is 0.503 e. The highest BCUT2D eigenvalue weighted by Gasteiger charge is 2.44. The van der Waals surface area contributed by atoms with E-state index in [0.717, 1.165) is 5.56 Å². The molecule has 1 aliphatic rings. The lowest BCUT2D eigenvalue weighted by Crippen LogP contribution is -2.36. The molecule has 2 unspecified atom stereocenters. The molecule has 0 saturated heterocycles. The Bertz CT molecular complexity index is 1030. The number of carbonyl (C=O) groups is 2. The van der Waals surface area contributed by atoms with Crippen LogP contribution >= 0.6 is 0 Å². The van der Waals surface area contributed by atoms with Gasteiger partial charge in [0, 0.05) is 12.1 Å². The average molecular weight is 404 g/mol. The van der Waals surface area contributed by atoms with E-state index in [1.165, 1.54) is 29.2 Å². The van der Waals surface area contributed by atoms with Crippen LogP contribution in [0.4, 0.5) is 0 Å². The average Bonchev–Trinajstić information content (AvgIpc) is 2.97. The fourth-order valence-electron chi connectivity index (χ4n) is 3.62. The summed E-state index contributed by atoms with van der Waals surface area (Å²) in [5, 5.41) is 29.4. The second-order valence-corrected chi connectivity index (χ2v) is 7.81. The number of ketones is 1. The van der Waals surface area contributed by atoms with Crippen molar-refractivity contribution in [1.82, 2.24) is 4.90 Å². The highest BCUT2D eigenvalue weighted by atomic mass is 16.3. The number of Topliss-reactive ketones (excluding diaryl/α,β-unsaturated/α-hetero) is 1. The minimum absolute atomic E-state index is 0.0242. The predicted molar refractivity (Wildman–Crippen MR) is 112 cm³/mol. The normalized spacial score (nSPS) is 17.4. The fraction of sp³-hybridized carbons (Fsp3) is 0.292. The SMILES string of the molecule is CC(O)CN1C(=O)C(O)=C(C(=O)c2ccc(C#N)cc2)C1c1ccc(C(C)C)cc1. The lowest BCUT2D eigenvalue weighted by atomic mass is 9.91. The first kappa shape index (κ1) is 21.3. The van der Waals surface area contributed by atoms with Gasteiger partial charge in [-0.2, -0.15) is 5.26 Å². The van der Waals surface area contributed by atoms with Crippen LogP contribution in [0, 0.1) is 11.3 Å². The van der Waals surface area contributed by atoms with Crippen LogP contribution in [0.15, 0.2) is 59.9 Å². The molecule has 2 atom stereocenters. The van der Waals surface area contributed by atoms with Gasteiger partial charge in [0.15, 0.2) is 11.5 Å². The molecule has 1 amide bonds. The molecule has 0 bridgehead atoms. The van der Waals surface area contributed by atoms with Crippen molar-refractivity contribution in [2.45, 2.75) is 38.8 Å². The third-order valence-corrected chi connectivity index (χ3v) is 5.20. The second-order valence-electron chi connectivity index (χ2n) is 7.81. The van der Waals surface area contributed by atoms with E-state index in [9.17, 15) is 19.8 Å². The van der Waals surface area contributed by atoms with E-state index in [1.807, 2.05) is 30.3 Å². The van der Waals surface area contributed by atoms with Gasteiger partial charge < -0.3 is 15.1 Å². The molecule has 2 aromatic carbocycles. The zero-order chi connectivity index (χ0) is 22.0. The van der Waals surface area contributed by atoms with Crippen molar-refractivity contribution in [3.05, 3.63) is 82.1 Å². The molecule has 1 heterocycles. The van der Waals surface area contributed by atoms with Gasteiger partial charge in [0.25, 0.3) is 5.91 Å². The van der Waals surface area contributed by atoms with Crippen LogP contribution in [0.5, 0.6) is 0 Å². The Morgan fingerprint density at radius 2 is 1.70 bits per heavy atom. The molecule has 2 N–H and O–H groups in total. The van der Waals surface area contributed by atoms with Gasteiger partial charge in [-0.15, -0.1) is 0 Å². The van der Waals surface area contributed by atoms with Gasteiger partial charge in [-0.05, 0) is 48.2 Å². The first-order valence-corrected chi connectivity index (χ1v) is 9.81. The molecule has 3 rings (SSSR count). The van der Waals surface area contributed by atoms with Gasteiger partial charge in [-0.1, -0.05) is 38.1 Å². The Morgan fingerprint density at radius 1 is 1.10 bits per heavy atom. The highest BCUT2D eigenvalue weighted by Crippen LogP contribution is 2.39. The van der Waals surface area contributed by atoms with Gasteiger partial charge in [0.05, 0.1) is 29.4 Å². The maximum atomic E-state index is 13.3. The Balaban J connectivity index is 2.08. The molecule has 6 heteroatoms. The number of rotatable bonds is 6. The highest BCUT2D eigenvalue weighted by molar-refractivity contribution is 6.16. The number of β-amino-alcohol motifs (C(OH)–C–C–N with tert-alkyl or cyclic N) is 1. The number of benzene rings is 2. The van der Waals surface area contributed by atoms with Crippen molar-refractivity contribution >= 4 is 11.7 Å². The number of aliphatic hydroxyl groups is 2. The molecule has 0 radical (unpaired) electrons. The summed E-state index contributed by atoms with van der Waals surface area (Å²) < 4.78 is 0. The molecule has 0 aliphatic carbocycles. The van der Waals surface area contributed by atoms with E-state index < -0.39 is 29.6 Å². The molecule has 30 heavy (non-hydrogen) atoms. The molecule has 2 aromatic rings. The first-order valence-electron chi connectivity index (χ1n) is 9.81. The summed E-state index contributed by atoms with van der Waals surface area (Å²) in [5.41, 5.74) is 2.44. The van der Waals surface area contributed by atoms with Crippen LogP contribution in [-0.4, -0.2) is 39.5 Å². The van der Waals surface area contributed by atoms with Crippen molar-refractivity contribution in [3.8, 4) is 6.07 Å². The standard InChI is InChI=1S/C24H24N2O4/c1-14(2)17-8-10-18(11-9-17)21-20(23(29)24(30)26(21)13-15(3)27)22(28)19-6-4-16(12-25)5-7-19/h4-11,14-15,21,27,29H,13H2,1-3H3. The summed E-state index contributed by atoms with van der Waals surface area (Å²) in [7, 11) is 0. The number of hydrogen-bond acceptors (Lipinski definition) is 5. The van der Waals surface area contributed by atoms with Crippen LogP contribution in [0.3, 0.4) is 0 Å². The summed E-state index contributed by atoms with van der Waals surface area (Å²) in [6, 6.07) is 14.8. The van der Waals surface area contributed by atoms with Crippen molar-refractivity contribution in [1.29, 1.82) is 5.26 Å². The van der Waals surface area contributed by atoms with Gasteiger partial charge in [-0.3, -0.25) is 9.59 Å². The topological polar surface area (TPSA) is 102 Å². The number of nitriles is 1. The van der Waals surface area contributed by atoms with Crippen LogP contribution in [0.2, 0.25) is 0 Å². The van der Waals surface area contributed by atoms with Gasteiger partial charge in [-0.25, -0.2) is 0 Å². The summed E-state index contributed by atoms with van der Waals surface area (Å²) in [5.74, 6) is -1.47. The van der Waals surface area contributed by atoms with E-state index in [4.69, 9.17) is 5.26 Å². The zero-order valence-electron chi connectivity index (χ0n) is 17.2. The van der Waals surface area contributed by atoms with Gasteiger partial charge >= 0.3 is 0 Å². The number of carbonyl (C=O) groups excluding carboxylic acids is 2. The summed E-state index contributed by atoms with van der Waals surface area (Å²) in [4.78, 5) is 27.3. The monoisotopic (exact) mass is 404 g/mol. The van der Waals surface area contributed by atoms with Crippen molar-refractivity contribution in [2.75, 3.05) is 6.54 Å². The molecule has 0 fully saturated rings. The summed E-state index contributed by atoms with van der Waals surface area (Å²) >= 11 is 0. The third kappa shape index (κ3) is 3.98.